The second-order valence-corrected chi connectivity index (χ2v) is 7.29. The molecule has 1 saturated carbocycles. The van der Waals surface area contributed by atoms with Crippen molar-refractivity contribution in [3.63, 3.8) is 0 Å². The van der Waals surface area contributed by atoms with E-state index in [0.29, 0.717) is 11.0 Å². The first kappa shape index (κ1) is 13.4. The highest BCUT2D eigenvalue weighted by atomic mass is 15.2. The van der Waals surface area contributed by atoms with Crippen LogP contribution >= 0.6 is 0 Å². The maximum Gasteiger partial charge on any atom is 0.0331 e. The predicted molar refractivity (Wildman–Crippen MR) is 74.0 cm³/mol. The number of hydrogen-bond acceptors (Lipinski definition) is 2. The van der Waals surface area contributed by atoms with Crippen molar-refractivity contribution in [2.75, 3.05) is 19.6 Å². The molecule has 2 N–H and O–H groups in total. The fraction of sp³-hybridized carbons (Fsp3) is 1.00. The molecule has 17 heavy (non-hydrogen) atoms. The lowest BCUT2D eigenvalue weighted by molar-refractivity contribution is 0.0698. The molecule has 1 aliphatic carbocycles. The van der Waals surface area contributed by atoms with Crippen LogP contribution in [0.4, 0.5) is 0 Å². The van der Waals surface area contributed by atoms with Crippen molar-refractivity contribution in [2.45, 2.75) is 64.8 Å². The number of rotatable bonds is 2. The van der Waals surface area contributed by atoms with E-state index in [1.54, 1.807) is 0 Å². The smallest absolute Gasteiger partial charge is 0.0331 e. The number of hydrogen-bond donors (Lipinski definition) is 1. The molecule has 0 radical (unpaired) electrons. The van der Waals surface area contributed by atoms with E-state index in [4.69, 9.17) is 5.73 Å². The third-order valence-corrected chi connectivity index (χ3v) is 5.25. The second kappa shape index (κ2) is 4.89. The Morgan fingerprint density at radius 1 is 1.18 bits per heavy atom. The fourth-order valence-corrected chi connectivity index (χ4v) is 3.76. The van der Waals surface area contributed by atoms with Crippen LogP contribution in [0.3, 0.4) is 0 Å². The van der Waals surface area contributed by atoms with Crippen LogP contribution in [0.15, 0.2) is 0 Å². The summed E-state index contributed by atoms with van der Waals surface area (Å²) in [5, 5.41) is 0. The van der Waals surface area contributed by atoms with Crippen molar-refractivity contribution in [2.24, 2.45) is 17.1 Å². The SMILES string of the molecule is CC(C)(C)C1CCN(C2(CN)CCCCC2)C1. The summed E-state index contributed by atoms with van der Waals surface area (Å²) in [6.07, 6.45) is 8.21. The van der Waals surface area contributed by atoms with Crippen LogP contribution in [0.25, 0.3) is 0 Å². The van der Waals surface area contributed by atoms with Gasteiger partial charge in [-0.1, -0.05) is 40.0 Å². The van der Waals surface area contributed by atoms with Crippen LogP contribution in [0, 0.1) is 11.3 Å². The third kappa shape index (κ3) is 2.68. The molecule has 0 aromatic carbocycles. The van der Waals surface area contributed by atoms with Gasteiger partial charge in [-0.3, -0.25) is 4.90 Å². The van der Waals surface area contributed by atoms with E-state index in [1.165, 1.54) is 51.6 Å². The summed E-state index contributed by atoms with van der Waals surface area (Å²) >= 11 is 0. The molecular weight excluding hydrogens is 208 g/mol. The Hall–Kier alpha value is -0.0800. The van der Waals surface area contributed by atoms with Crippen molar-refractivity contribution >= 4 is 0 Å². The Labute approximate surface area is 107 Å². The average molecular weight is 238 g/mol. The Morgan fingerprint density at radius 2 is 1.82 bits per heavy atom. The normalized spacial score (nSPS) is 30.7. The third-order valence-electron chi connectivity index (χ3n) is 5.25. The first-order valence-corrected chi connectivity index (χ1v) is 7.43. The minimum absolute atomic E-state index is 0.359. The highest BCUT2D eigenvalue weighted by Gasteiger charge is 2.42. The van der Waals surface area contributed by atoms with Crippen LogP contribution in [-0.4, -0.2) is 30.1 Å². The van der Waals surface area contributed by atoms with Gasteiger partial charge in [0.25, 0.3) is 0 Å². The molecule has 100 valence electrons. The van der Waals surface area contributed by atoms with Crippen molar-refractivity contribution in [1.29, 1.82) is 0 Å². The summed E-state index contributed by atoms with van der Waals surface area (Å²) in [6, 6.07) is 0. The standard InChI is InChI=1S/C15H30N2/c1-14(2,3)13-7-10-17(11-13)15(12-16)8-5-4-6-9-15/h13H,4-12,16H2,1-3H3. The Balaban J connectivity index is 2.03. The zero-order valence-corrected chi connectivity index (χ0v) is 12.0. The summed E-state index contributed by atoms with van der Waals surface area (Å²) < 4.78 is 0. The van der Waals surface area contributed by atoms with Gasteiger partial charge in [-0.05, 0) is 37.1 Å². The minimum Gasteiger partial charge on any atom is -0.329 e. The van der Waals surface area contributed by atoms with E-state index in [0.717, 1.165) is 12.5 Å². The maximum absolute atomic E-state index is 6.13. The topological polar surface area (TPSA) is 29.3 Å². The molecule has 2 nitrogen and oxygen atoms in total. The number of likely N-dealkylation sites (tertiary alicyclic amines) is 1. The monoisotopic (exact) mass is 238 g/mol. The van der Waals surface area contributed by atoms with E-state index < -0.39 is 0 Å². The Bertz CT molecular complexity index is 248. The highest BCUT2D eigenvalue weighted by molar-refractivity contribution is 4.98. The van der Waals surface area contributed by atoms with Gasteiger partial charge >= 0.3 is 0 Å². The molecule has 1 unspecified atom stereocenters. The van der Waals surface area contributed by atoms with Gasteiger partial charge in [0, 0.05) is 18.6 Å². The molecule has 1 heterocycles. The summed E-state index contributed by atoms with van der Waals surface area (Å²) in [4.78, 5) is 2.74. The molecule has 1 saturated heterocycles. The van der Waals surface area contributed by atoms with Crippen molar-refractivity contribution in [3.05, 3.63) is 0 Å². The van der Waals surface area contributed by atoms with Crippen molar-refractivity contribution in [1.82, 2.24) is 4.90 Å². The van der Waals surface area contributed by atoms with Crippen molar-refractivity contribution in [3.8, 4) is 0 Å². The molecule has 0 amide bonds. The molecule has 1 atom stereocenters. The summed E-state index contributed by atoms with van der Waals surface area (Å²) in [6.45, 7) is 10.6. The fourth-order valence-electron chi connectivity index (χ4n) is 3.76. The molecular formula is C15H30N2. The maximum atomic E-state index is 6.13. The summed E-state index contributed by atoms with van der Waals surface area (Å²) in [7, 11) is 0. The van der Waals surface area contributed by atoms with Crippen LogP contribution < -0.4 is 5.73 Å². The molecule has 2 heteroatoms. The van der Waals surface area contributed by atoms with Crippen LogP contribution in [-0.2, 0) is 0 Å². The van der Waals surface area contributed by atoms with Gasteiger partial charge in [-0.15, -0.1) is 0 Å². The molecule has 2 rings (SSSR count). The zero-order valence-electron chi connectivity index (χ0n) is 12.0. The van der Waals surface area contributed by atoms with Gasteiger partial charge in [-0.25, -0.2) is 0 Å². The molecule has 0 aromatic heterocycles. The number of nitrogens with zero attached hydrogens (tertiary/aromatic N) is 1. The highest BCUT2D eigenvalue weighted by Crippen LogP contribution is 2.40. The van der Waals surface area contributed by atoms with Gasteiger partial charge < -0.3 is 5.73 Å². The van der Waals surface area contributed by atoms with Gasteiger partial charge in [0.05, 0.1) is 0 Å². The van der Waals surface area contributed by atoms with E-state index in [-0.39, 0.29) is 0 Å². The van der Waals surface area contributed by atoms with Crippen LogP contribution in [0.1, 0.15) is 59.3 Å². The average Bonchev–Trinajstić information content (AvgIpc) is 2.79. The van der Waals surface area contributed by atoms with Crippen LogP contribution in [0.5, 0.6) is 0 Å². The Morgan fingerprint density at radius 3 is 2.29 bits per heavy atom. The molecule has 0 bridgehead atoms. The summed E-state index contributed by atoms with van der Waals surface area (Å²) in [5.74, 6) is 0.854. The van der Waals surface area contributed by atoms with Crippen LogP contribution in [0.2, 0.25) is 0 Å². The van der Waals surface area contributed by atoms with Gasteiger partial charge in [0.2, 0.25) is 0 Å². The molecule has 0 aromatic rings. The molecule has 2 aliphatic rings. The molecule has 2 fully saturated rings. The van der Waals surface area contributed by atoms with Gasteiger partial charge in [-0.2, -0.15) is 0 Å². The van der Waals surface area contributed by atoms with E-state index in [9.17, 15) is 0 Å². The second-order valence-electron chi connectivity index (χ2n) is 7.29. The lowest BCUT2D eigenvalue weighted by Gasteiger charge is -2.44. The van der Waals surface area contributed by atoms with E-state index >= 15 is 0 Å². The van der Waals surface area contributed by atoms with E-state index in [1.807, 2.05) is 0 Å². The van der Waals surface area contributed by atoms with E-state index in [2.05, 4.69) is 25.7 Å². The first-order valence-electron chi connectivity index (χ1n) is 7.43. The lowest BCUT2D eigenvalue weighted by Crippen LogP contribution is -2.54. The quantitative estimate of drug-likeness (QED) is 0.801. The predicted octanol–water partition coefficient (Wildman–Crippen LogP) is 3.02. The van der Waals surface area contributed by atoms with Crippen molar-refractivity contribution < 1.29 is 0 Å². The first-order chi connectivity index (χ1) is 7.98. The minimum atomic E-state index is 0.359. The lowest BCUT2D eigenvalue weighted by atomic mass is 9.79. The Kier molecular flexibility index (Phi) is 3.84. The van der Waals surface area contributed by atoms with Gasteiger partial charge in [0.1, 0.15) is 0 Å². The number of nitrogens with two attached hydrogens (primary N) is 1. The molecule has 0 spiro atoms. The molecule has 1 aliphatic heterocycles. The zero-order chi connectivity index (χ0) is 12.5. The van der Waals surface area contributed by atoms with Gasteiger partial charge in [0.15, 0.2) is 0 Å². The largest absolute Gasteiger partial charge is 0.329 e. The summed E-state index contributed by atoms with van der Waals surface area (Å²) in [5.41, 5.74) is 6.95.